The zero-order chi connectivity index (χ0) is 8.23. The molecular weight excluding hydrogens is 168 g/mol. The summed E-state index contributed by atoms with van der Waals surface area (Å²) in [7, 11) is 0. The largest absolute Gasteiger partial charge is 0.371 e. The van der Waals surface area contributed by atoms with Crippen LogP contribution in [0.2, 0.25) is 0 Å². The smallest absolute Gasteiger partial charge is 0.0965 e. The summed E-state index contributed by atoms with van der Waals surface area (Å²) < 4.78 is 0. The fourth-order valence-corrected chi connectivity index (χ4v) is 2.84. The van der Waals surface area contributed by atoms with E-state index < -0.39 is 0 Å². The van der Waals surface area contributed by atoms with Crippen LogP contribution >= 0.6 is 11.8 Å². The van der Waals surface area contributed by atoms with Gasteiger partial charge in [0.25, 0.3) is 0 Å². The summed E-state index contributed by atoms with van der Waals surface area (Å²) in [5.41, 5.74) is 0. The highest BCUT2D eigenvalue weighted by Crippen LogP contribution is 2.17. The first-order chi connectivity index (χ1) is 5.95. The van der Waals surface area contributed by atoms with Gasteiger partial charge in [-0.2, -0.15) is 11.8 Å². The molecule has 1 saturated heterocycles. The van der Waals surface area contributed by atoms with E-state index in [-0.39, 0.29) is 0 Å². The summed E-state index contributed by atoms with van der Waals surface area (Å²) in [6.45, 7) is 1.05. The van der Waals surface area contributed by atoms with Crippen LogP contribution in [0.4, 0.5) is 0 Å². The molecule has 3 heteroatoms. The van der Waals surface area contributed by atoms with Gasteiger partial charge in [0.2, 0.25) is 0 Å². The van der Waals surface area contributed by atoms with E-state index in [9.17, 15) is 0 Å². The highest BCUT2D eigenvalue weighted by atomic mass is 32.2. The summed E-state index contributed by atoms with van der Waals surface area (Å²) in [4.78, 5) is 4.43. The maximum absolute atomic E-state index is 4.43. The van der Waals surface area contributed by atoms with E-state index in [1.807, 2.05) is 0 Å². The van der Waals surface area contributed by atoms with Gasteiger partial charge in [0.05, 0.1) is 5.84 Å². The molecule has 2 heterocycles. The first-order valence-electron chi connectivity index (χ1n) is 4.83. The van der Waals surface area contributed by atoms with E-state index in [1.165, 1.54) is 43.0 Å². The molecule has 0 radical (unpaired) electrons. The van der Waals surface area contributed by atoms with Crippen LogP contribution in [0.3, 0.4) is 0 Å². The Labute approximate surface area is 78.2 Å². The standard InChI is InChI=1S/C9H16N2S/c1-2-9(10-5-1)11-8-3-6-12-7-4-8/h8H,1-7H2,(H,10,11). The van der Waals surface area contributed by atoms with Crippen molar-refractivity contribution in [2.45, 2.75) is 31.7 Å². The Hall–Kier alpha value is -0.180. The van der Waals surface area contributed by atoms with Gasteiger partial charge >= 0.3 is 0 Å². The van der Waals surface area contributed by atoms with E-state index in [0.717, 1.165) is 12.6 Å². The summed E-state index contributed by atoms with van der Waals surface area (Å²) >= 11 is 2.08. The molecule has 12 heavy (non-hydrogen) atoms. The molecule has 68 valence electrons. The quantitative estimate of drug-likeness (QED) is 0.670. The molecule has 0 atom stereocenters. The minimum absolute atomic E-state index is 0.725. The average molecular weight is 184 g/mol. The zero-order valence-electron chi connectivity index (χ0n) is 7.38. The van der Waals surface area contributed by atoms with Gasteiger partial charge in [0.15, 0.2) is 0 Å². The first-order valence-corrected chi connectivity index (χ1v) is 5.98. The highest BCUT2D eigenvalue weighted by Gasteiger charge is 2.15. The van der Waals surface area contributed by atoms with Crippen molar-refractivity contribution in [3.63, 3.8) is 0 Å². The maximum atomic E-state index is 4.43. The van der Waals surface area contributed by atoms with Crippen LogP contribution in [-0.2, 0) is 0 Å². The third-order valence-corrected chi connectivity index (χ3v) is 3.52. The molecule has 0 saturated carbocycles. The number of thioether (sulfide) groups is 1. The van der Waals surface area contributed by atoms with E-state index in [2.05, 4.69) is 22.1 Å². The lowest BCUT2D eigenvalue weighted by Gasteiger charge is -2.23. The van der Waals surface area contributed by atoms with Crippen molar-refractivity contribution in [2.24, 2.45) is 4.99 Å². The van der Waals surface area contributed by atoms with Crippen LogP contribution in [0.5, 0.6) is 0 Å². The molecule has 1 N–H and O–H groups in total. The lowest BCUT2D eigenvalue weighted by molar-refractivity contribution is 0.564. The van der Waals surface area contributed by atoms with Gasteiger partial charge in [-0.05, 0) is 30.8 Å². The maximum Gasteiger partial charge on any atom is 0.0965 e. The van der Waals surface area contributed by atoms with Gasteiger partial charge in [-0.15, -0.1) is 0 Å². The number of aliphatic imine (C=N–C) groups is 1. The fraction of sp³-hybridized carbons (Fsp3) is 0.889. The van der Waals surface area contributed by atoms with Crippen molar-refractivity contribution >= 4 is 17.6 Å². The summed E-state index contributed by atoms with van der Waals surface area (Å²) in [6, 6.07) is 0.725. The molecular formula is C9H16N2S. The van der Waals surface area contributed by atoms with Crippen LogP contribution < -0.4 is 5.32 Å². The van der Waals surface area contributed by atoms with E-state index in [1.54, 1.807) is 0 Å². The number of hydrogen-bond donors (Lipinski definition) is 1. The van der Waals surface area contributed by atoms with Gasteiger partial charge in [-0.3, -0.25) is 4.99 Å². The Balaban J connectivity index is 1.77. The number of nitrogens with one attached hydrogen (secondary N) is 1. The molecule has 0 aromatic carbocycles. The minimum atomic E-state index is 0.725. The van der Waals surface area contributed by atoms with Crippen molar-refractivity contribution in [2.75, 3.05) is 18.1 Å². The van der Waals surface area contributed by atoms with E-state index in [0.29, 0.717) is 0 Å². The fourth-order valence-electron chi connectivity index (χ4n) is 1.73. The Bertz CT molecular complexity index is 173. The molecule has 2 aliphatic rings. The van der Waals surface area contributed by atoms with Crippen LogP contribution in [0.1, 0.15) is 25.7 Å². The highest BCUT2D eigenvalue weighted by molar-refractivity contribution is 7.99. The second kappa shape index (κ2) is 4.17. The number of nitrogens with zero attached hydrogens (tertiary/aromatic N) is 1. The monoisotopic (exact) mass is 184 g/mol. The summed E-state index contributed by atoms with van der Waals surface area (Å²) in [5, 5.41) is 3.55. The molecule has 2 nitrogen and oxygen atoms in total. The van der Waals surface area contributed by atoms with E-state index in [4.69, 9.17) is 0 Å². The molecule has 2 aliphatic heterocycles. The predicted molar refractivity (Wildman–Crippen MR) is 55.0 cm³/mol. The molecule has 0 bridgehead atoms. The predicted octanol–water partition coefficient (Wildman–Crippen LogP) is 1.66. The second-order valence-corrected chi connectivity index (χ2v) is 4.69. The zero-order valence-corrected chi connectivity index (χ0v) is 8.20. The van der Waals surface area contributed by atoms with Crippen molar-refractivity contribution in [3.05, 3.63) is 0 Å². The molecule has 0 unspecified atom stereocenters. The van der Waals surface area contributed by atoms with Crippen molar-refractivity contribution in [3.8, 4) is 0 Å². The molecule has 0 aromatic rings. The van der Waals surface area contributed by atoms with Gasteiger partial charge in [0, 0.05) is 19.0 Å². The number of amidine groups is 1. The lowest BCUT2D eigenvalue weighted by atomic mass is 10.1. The van der Waals surface area contributed by atoms with Gasteiger partial charge in [0.1, 0.15) is 0 Å². The van der Waals surface area contributed by atoms with Crippen LogP contribution in [0.15, 0.2) is 4.99 Å². The van der Waals surface area contributed by atoms with Crippen molar-refractivity contribution in [1.82, 2.24) is 5.32 Å². The van der Waals surface area contributed by atoms with Gasteiger partial charge < -0.3 is 5.32 Å². The van der Waals surface area contributed by atoms with Crippen LogP contribution in [0, 0.1) is 0 Å². The molecule has 0 amide bonds. The summed E-state index contributed by atoms with van der Waals surface area (Å²) in [5.74, 6) is 3.92. The molecule has 0 aliphatic carbocycles. The van der Waals surface area contributed by atoms with Crippen LogP contribution in [0.25, 0.3) is 0 Å². The average Bonchev–Trinajstić information content (AvgIpc) is 2.59. The van der Waals surface area contributed by atoms with Crippen molar-refractivity contribution in [1.29, 1.82) is 0 Å². The third-order valence-electron chi connectivity index (χ3n) is 2.47. The van der Waals surface area contributed by atoms with E-state index >= 15 is 0 Å². The number of rotatable bonds is 1. The number of hydrogen-bond acceptors (Lipinski definition) is 3. The van der Waals surface area contributed by atoms with Crippen molar-refractivity contribution < 1.29 is 0 Å². The minimum Gasteiger partial charge on any atom is -0.371 e. The van der Waals surface area contributed by atoms with Crippen LogP contribution in [-0.4, -0.2) is 29.9 Å². The Kier molecular flexibility index (Phi) is 2.93. The third kappa shape index (κ3) is 2.16. The molecule has 2 rings (SSSR count). The SMILES string of the molecule is C1CN=C(NC2CCSCC2)C1. The Morgan fingerprint density at radius 3 is 2.83 bits per heavy atom. The first kappa shape index (κ1) is 8.42. The normalized spacial score (nSPS) is 25.5. The molecule has 0 aromatic heterocycles. The molecule has 0 spiro atoms. The van der Waals surface area contributed by atoms with Gasteiger partial charge in [-0.1, -0.05) is 0 Å². The topological polar surface area (TPSA) is 24.4 Å². The Morgan fingerprint density at radius 2 is 2.17 bits per heavy atom. The summed E-state index contributed by atoms with van der Waals surface area (Å²) in [6.07, 6.45) is 5.08. The molecule has 1 fully saturated rings. The lowest BCUT2D eigenvalue weighted by Crippen LogP contribution is -2.36. The van der Waals surface area contributed by atoms with Gasteiger partial charge in [-0.25, -0.2) is 0 Å². The second-order valence-electron chi connectivity index (χ2n) is 3.46. The Morgan fingerprint density at radius 1 is 1.33 bits per heavy atom.